The van der Waals surface area contributed by atoms with E-state index >= 15 is 0 Å². The number of hydrogen-bond acceptors (Lipinski definition) is 5. The first-order chi connectivity index (χ1) is 11.6. The van der Waals surface area contributed by atoms with E-state index in [9.17, 15) is 4.79 Å². The van der Waals surface area contributed by atoms with Crippen molar-refractivity contribution >= 4 is 11.3 Å². The topological polar surface area (TPSA) is 62.1 Å². The highest BCUT2D eigenvalue weighted by Crippen LogP contribution is 2.23. The molecule has 0 spiro atoms. The lowest BCUT2D eigenvalue weighted by Crippen LogP contribution is -2.35. The zero-order valence-electron chi connectivity index (χ0n) is 13.8. The van der Waals surface area contributed by atoms with Gasteiger partial charge in [0.1, 0.15) is 11.5 Å². The van der Waals surface area contributed by atoms with Crippen LogP contribution in [0, 0.1) is 13.8 Å². The average Bonchev–Trinajstić information content (AvgIpc) is 3.19. The number of aromatic amines is 1. The molecule has 0 amide bonds. The summed E-state index contributed by atoms with van der Waals surface area (Å²) in [6, 6.07) is 6.02. The fourth-order valence-corrected chi connectivity index (χ4v) is 3.76. The lowest BCUT2D eigenvalue weighted by Gasteiger charge is -2.26. The quantitative estimate of drug-likeness (QED) is 0.794. The summed E-state index contributed by atoms with van der Waals surface area (Å²) < 4.78 is 5.76. The second-order valence-electron chi connectivity index (χ2n) is 6.23. The molecule has 0 saturated carbocycles. The molecule has 0 radical (unpaired) electrons. The summed E-state index contributed by atoms with van der Waals surface area (Å²) in [5.74, 6) is 2.59. The minimum absolute atomic E-state index is 0.0279. The fraction of sp³-hybridized carbons (Fsp3) is 0.333. The molecule has 0 aliphatic carbocycles. The molecule has 4 rings (SSSR count). The Hall–Kier alpha value is -2.18. The van der Waals surface area contributed by atoms with E-state index < -0.39 is 0 Å². The Morgan fingerprint density at radius 2 is 2.29 bits per heavy atom. The smallest absolute Gasteiger partial charge is 0.255 e. The molecule has 0 aromatic carbocycles. The second-order valence-corrected chi connectivity index (χ2v) is 7.18. The Morgan fingerprint density at radius 1 is 1.42 bits per heavy atom. The molecule has 0 atom stereocenters. The summed E-state index contributed by atoms with van der Waals surface area (Å²) in [5, 5.41) is 1.99. The minimum Gasteiger partial charge on any atom is -0.465 e. The number of aromatic nitrogens is 2. The molecule has 5 nitrogen and oxygen atoms in total. The van der Waals surface area contributed by atoms with Crippen LogP contribution in [0.2, 0.25) is 0 Å². The van der Waals surface area contributed by atoms with Gasteiger partial charge in [-0.3, -0.25) is 9.69 Å². The highest BCUT2D eigenvalue weighted by Gasteiger charge is 2.22. The highest BCUT2D eigenvalue weighted by molar-refractivity contribution is 7.13. The number of thiophene rings is 1. The number of aryl methyl sites for hydroxylation is 2. The van der Waals surface area contributed by atoms with Crippen molar-refractivity contribution in [1.82, 2.24) is 14.9 Å². The summed E-state index contributed by atoms with van der Waals surface area (Å²) in [5.41, 5.74) is 2.84. The van der Waals surface area contributed by atoms with Crippen LogP contribution >= 0.6 is 11.3 Å². The first-order valence-corrected chi connectivity index (χ1v) is 8.92. The van der Waals surface area contributed by atoms with Gasteiger partial charge in [-0.1, -0.05) is 6.07 Å². The maximum Gasteiger partial charge on any atom is 0.255 e. The number of furan rings is 1. The molecule has 3 aromatic heterocycles. The van der Waals surface area contributed by atoms with Gasteiger partial charge < -0.3 is 9.40 Å². The monoisotopic (exact) mass is 341 g/mol. The fourth-order valence-electron chi connectivity index (χ4n) is 3.09. The van der Waals surface area contributed by atoms with Crippen LogP contribution < -0.4 is 5.56 Å². The van der Waals surface area contributed by atoms with Crippen LogP contribution in [0.1, 0.15) is 28.3 Å². The summed E-state index contributed by atoms with van der Waals surface area (Å²) in [7, 11) is 0. The van der Waals surface area contributed by atoms with Crippen LogP contribution in [0.3, 0.4) is 0 Å². The standard InChI is InChI=1S/C18H19N3O2S/c1-11-8-13(23-12(11)2)9-21-6-5-15-14(10-21)18(22)20-17(19-15)16-4-3-7-24-16/h3-4,7-8H,5-6,9-10H2,1-2H3,(H,19,20,22). The molecule has 4 heterocycles. The Balaban J connectivity index is 1.58. The van der Waals surface area contributed by atoms with Gasteiger partial charge in [0.05, 0.1) is 22.7 Å². The predicted molar refractivity (Wildman–Crippen MR) is 94.2 cm³/mol. The summed E-state index contributed by atoms with van der Waals surface area (Å²) in [4.78, 5) is 23.3. The van der Waals surface area contributed by atoms with Crippen molar-refractivity contribution in [3.05, 3.63) is 62.3 Å². The van der Waals surface area contributed by atoms with E-state index in [1.165, 1.54) is 5.56 Å². The zero-order valence-corrected chi connectivity index (χ0v) is 14.6. The van der Waals surface area contributed by atoms with Crippen molar-refractivity contribution < 1.29 is 4.42 Å². The van der Waals surface area contributed by atoms with E-state index in [-0.39, 0.29) is 5.56 Å². The number of H-pyrrole nitrogens is 1. The number of nitrogens with one attached hydrogen (secondary N) is 1. The third-order valence-corrected chi connectivity index (χ3v) is 5.38. The van der Waals surface area contributed by atoms with Crippen LogP contribution in [0.5, 0.6) is 0 Å². The number of fused-ring (bicyclic) bond motifs is 1. The third kappa shape index (κ3) is 2.83. The molecule has 124 valence electrons. The lowest BCUT2D eigenvalue weighted by molar-refractivity contribution is 0.221. The van der Waals surface area contributed by atoms with Crippen molar-refractivity contribution in [2.75, 3.05) is 6.54 Å². The van der Waals surface area contributed by atoms with E-state index in [2.05, 4.69) is 27.9 Å². The molecule has 6 heteroatoms. The molecule has 0 saturated heterocycles. The van der Waals surface area contributed by atoms with E-state index in [4.69, 9.17) is 4.42 Å². The van der Waals surface area contributed by atoms with Gasteiger partial charge in [-0.15, -0.1) is 11.3 Å². The lowest BCUT2D eigenvalue weighted by atomic mass is 10.1. The maximum atomic E-state index is 12.5. The average molecular weight is 341 g/mol. The largest absolute Gasteiger partial charge is 0.465 e. The summed E-state index contributed by atoms with van der Waals surface area (Å²) in [6.07, 6.45) is 0.788. The Morgan fingerprint density at radius 3 is 3.00 bits per heavy atom. The van der Waals surface area contributed by atoms with Gasteiger partial charge in [-0.2, -0.15) is 0 Å². The Labute approximate surface area is 144 Å². The van der Waals surface area contributed by atoms with Crippen molar-refractivity contribution in [3.8, 4) is 10.7 Å². The van der Waals surface area contributed by atoms with Gasteiger partial charge >= 0.3 is 0 Å². The van der Waals surface area contributed by atoms with Gasteiger partial charge in [0.2, 0.25) is 0 Å². The van der Waals surface area contributed by atoms with Crippen molar-refractivity contribution in [3.63, 3.8) is 0 Å². The van der Waals surface area contributed by atoms with Crippen LogP contribution in [-0.4, -0.2) is 21.4 Å². The predicted octanol–water partition coefficient (Wildman–Crippen LogP) is 3.27. The Kier molecular flexibility index (Phi) is 3.86. The van der Waals surface area contributed by atoms with Gasteiger partial charge in [0.15, 0.2) is 5.82 Å². The minimum atomic E-state index is -0.0279. The number of rotatable bonds is 3. The molecule has 24 heavy (non-hydrogen) atoms. The first kappa shape index (κ1) is 15.4. The van der Waals surface area contributed by atoms with Crippen LogP contribution in [-0.2, 0) is 19.5 Å². The molecule has 1 aliphatic rings. The first-order valence-electron chi connectivity index (χ1n) is 8.04. The summed E-state index contributed by atoms with van der Waals surface area (Å²) >= 11 is 1.59. The van der Waals surface area contributed by atoms with Crippen molar-refractivity contribution in [2.45, 2.75) is 33.4 Å². The second kappa shape index (κ2) is 6.03. The van der Waals surface area contributed by atoms with Gasteiger partial charge in [-0.05, 0) is 36.9 Å². The normalized spacial score (nSPS) is 14.8. The summed E-state index contributed by atoms with van der Waals surface area (Å²) in [6.45, 7) is 6.24. The zero-order chi connectivity index (χ0) is 16.7. The molecular formula is C18H19N3O2S. The van der Waals surface area contributed by atoms with Crippen molar-refractivity contribution in [2.24, 2.45) is 0 Å². The van der Waals surface area contributed by atoms with Crippen LogP contribution in [0.25, 0.3) is 10.7 Å². The molecule has 1 aliphatic heterocycles. The van der Waals surface area contributed by atoms with Crippen LogP contribution in [0.4, 0.5) is 0 Å². The van der Waals surface area contributed by atoms with Gasteiger partial charge in [0.25, 0.3) is 5.56 Å². The van der Waals surface area contributed by atoms with E-state index in [0.29, 0.717) is 12.4 Å². The molecule has 1 N–H and O–H groups in total. The van der Waals surface area contributed by atoms with E-state index in [0.717, 1.165) is 47.2 Å². The molecule has 0 unspecified atom stereocenters. The Bertz CT molecular complexity index is 905. The van der Waals surface area contributed by atoms with E-state index in [1.807, 2.05) is 24.4 Å². The molecular weight excluding hydrogens is 322 g/mol. The molecule has 0 fully saturated rings. The SMILES string of the molecule is Cc1cc(CN2CCc3nc(-c4cccs4)[nH]c(=O)c3C2)oc1C. The van der Waals surface area contributed by atoms with Crippen molar-refractivity contribution in [1.29, 1.82) is 0 Å². The molecule has 3 aromatic rings. The van der Waals surface area contributed by atoms with Gasteiger partial charge in [0, 0.05) is 19.5 Å². The van der Waals surface area contributed by atoms with Gasteiger partial charge in [-0.25, -0.2) is 4.98 Å². The number of nitrogens with zero attached hydrogens (tertiary/aromatic N) is 2. The molecule has 0 bridgehead atoms. The van der Waals surface area contributed by atoms with Crippen LogP contribution in [0.15, 0.2) is 32.8 Å². The third-order valence-electron chi connectivity index (χ3n) is 4.50. The number of hydrogen-bond donors (Lipinski definition) is 1. The maximum absolute atomic E-state index is 12.5. The highest BCUT2D eigenvalue weighted by atomic mass is 32.1. The van der Waals surface area contributed by atoms with E-state index in [1.54, 1.807) is 11.3 Å².